The maximum atomic E-state index is 11.5. The summed E-state index contributed by atoms with van der Waals surface area (Å²) in [5, 5.41) is 32.9. The van der Waals surface area contributed by atoms with Crippen LogP contribution in [0.25, 0.3) is 0 Å². The van der Waals surface area contributed by atoms with Crippen molar-refractivity contribution < 1.29 is 15.1 Å². The molecule has 1 aromatic rings. The summed E-state index contributed by atoms with van der Waals surface area (Å²) in [4.78, 5) is 0. The van der Waals surface area contributed by atoms with Gasteiger partial charge in [-0.2, -0.15) is 0 Å². The highest BCUT2D eigenvalue weighted by Gasteiger charge is 2.32. The van der Waals surface area contributed by atoms with Crippen LogP contribution in [-0.2, 0) is 6.42 Å². The van der Waals surface area contributed by atoms with E-state index >= 15 is 0 Å². The highest BCUT2D eigenvalue weighted by molar-refractivity contribution is 6.00. The SMILES string of the molecule is Cc1n(O)c2c([n+]1[O-])CCCC2=NO.Cl. The Bertz CT molecular complexity index is 414. The van der Waals surface area contributed by atoms with Gasteiger partial charge >= 0.3 is 0 Å². The van der Waals surface area contributed by atoms with Gasteiger partial charge < -0.3 is 15.6 Å². The zero-order valence-electron chi connectivity index (χ0n) is 8.17. The van der Waals surface area contributed by atoms with Gasteiger partial charge in [-0.15, -0.1) is 12.4 Å². The summed E-state index contributed by atoms with van der Waals surface area (Å²) in [6, 6.07) is 0. The molecule has 0 radical (unpaired) electrons. The van der Waals surface area contributed by atoms with Crippen LogP contribution in [0, 0.1) is 12.1 Å². The first kappa shape index (κ1) is 11.6. The number of fused-ring (bicyclic) bond motifs is 1. The maximum absolute atomic E-state index is 11.5. The predicted octanol–water partition coefficient (Wildman–Crippen LogP) is 0.604. The minimum Gasteiger partial charge on any atom is -0.710 e. The van der Waals surface area contributed by atoms with E-state index in [1.165, 1.54) is 6.92 Å². The van der Waals surface area contributed by atoms with E-state index in [-0.39, 0.29) is 18.2 Å². The molecule has 1 heterocycles. The van der Waals surface area contributed by atoms with Gasteiger partial charge in [0.2, 0.25) is 5.69 Å². The third-order valence-corrected chi connectivity index (χ3v) is 2.55. The van der Waals surface area contributed by atoms with Crippen LogP contribution in [0.2, 0.25) is 0 Å². The van der Waals surface area contributed by atoms with Crippen molar-refractivity contribution in [2.45, 2.75) is 26.2 Å². The number of nitrogens with zero attached hydrogens (tertiary/aromatic N) is 3. The summed E-state index contributed by atoms with van der Waals surface area (Å²) in [5.74, 6) is 0.193. The van der Waals surface area contributed by atoms with E-state index < -0.39 is 0 Å². The summed E-state index contributed by atoms with van der Waals surface area (Å²) >= 11 is 0. The fraction of sp³-hybridized carbons (Fsp3) is 0.500. The molecule has 15 heavy (non-hydrogen) atoms. The highest BCUT2D eigenvalue weighted by Crippen LogP contribution is 2.20. The number of oxime groups is 1. The van der Waals surface area contributed by atoms with Gasteiger partial charge in [0.15, 0.2) is 5.69 Å². The number of hydrogen-bond acceptors (Lipinski definition) is 4. The second-order valence-electron chi connectivity index (χ2n) is 3.35. The first-order valence-corrected chi connectivity index (χ1v) is 4.41. The van der Waals surface area contributed by atoms with E-state index in [4.69, 9.17) is 5.21 Å². The number of aromatic nitrogens is 2. The minimum atomic E-state index is 0. The number of rotatable bonds is 0. The highest BCUT2D eigenvalue weighted by atomic mass is 35.5. The van der Waals surface area contributed by atoms with E-state index in [0.29, 0.717) is 34.7 Å². The Morgan fingerprint density at radius 3 is 2.73 bits per heavy atom. The molecule has 0 atom stereocenters. The molecule has 1 aromatic heterocycles. The Labute approximate surface area is 92.4 Å². The van der Waals surface area contributed by atoms with Crippen LogP contribution in [0.4, 0.5) is 0 Å². The number of hydrogen-bond donors (Lipinski definition) is 2. The zero-order chi connectivity index (χ0) is 10.3. The molecule has 6 nitrogen and oxygen atoms in total. The fourth-order valence-electron chi connectivity index (χ4n) is 1.81. The van der Waals surface area contributed by atoms with Gasteiger partial charge in [-0.3, -0.25) is 0 Å². The molecule has 2 rings (SSSR count). The second kappa shape index (κ2) is 3.98. The lowest BCUT2D eigenvalue weighted by Gasteiger charge is -2.10. The molecule has 0 fully saturated rings. The average Bonchev–Trinajstić information content (AvgIpc) is 2.44. The topological polar surface area (TPSA) is 84.7 Å². The quantitative estimate of drug-likeness (QED) is 0.226. The Balaban J connectivity index is 0.00000112. The van der Waals surface area contributed by atoms with Gasteiger partial charge in [-0.05, 0) is 17.6 Å². The fourth-order valence-corrected chi connectivity index (χ4v) is 1.81. The van der Waals surface area contributed by atoms with Gasteiger partial charge in [-0.25, -0.2) is 4.73 Å². The lowest BCUT2D eigenvalue weighted by molar-refractivity contribution is -0.621. The van der Waals surface area contributed by atoms with Crippen LogP contribution in [0.3, 0.4) is 0 Å². The molecule has 84 valence electrons. The average molecular weight is 234 g/mol. The van der Waals surface area contributed by atoms with E-state index in [9.17, 15) is 10.4 Å². The third-order valence-electron chi connectivity index (χ3n) is 2.55. The van der Waals surface area contributed by atoms with Crippen LogP contribution in [-0.4, -0.2) is 20.9 Å². The molecule has 0 spiro atoms. The van der Waals surface area contributed by atoms with Gasteiger partial charge in [-0.1, -0.05) is 5.16 Å². The smallest absolute Gasteiger partial charge is 0.297 e. The van der Waals surface area contributed by atoms with Crippen molar-refractivity contribution in [1.29, 1.82) is 0 Å². The monoisotopic (exact) mass is 233 g/mol. The normalized spacial score (nSPS) is 17.3. The number of imidazole rings is 1. The van der Waals surface area contributed by atoms with Crippen molar-refractivity contribution in [1.82, 2.24) is 4.73 Å². The summed E-state index contributed by atoms with van der Waals surface area (Å²) in [6.07, 6.45) is 1.94. The summed E-state index contributed by atoms with van der Waals surface area (Å²) < 4.78 is 1.47. The van der Waals surface area contributed by atoms with Crippen molar-refractivity contribution in [3.8, 4) is 0 Å². The molecule has 0 bridgehead atoms. The maximum Gasteiger partial charge on any atom is 0.297 e. The molecule has 7 heteroatoms. The van der Waals surface area contributed by atoms with Gasteiger partial charge in [0.05, 0.1) is 0 Å². The van der Waals surface area contributed by atoms with E-state index in [2.05, 4.69) is 5.16 Å². The van der Waals surface area contributed by atoms with Crippen molar-refractivity contribution in [2.75, 3.05) is 0 Å². The Morgan fingerprint density at radius 1 is 1.47 bits per heavy atom. The molecular formula is C8H12ClN3O3. The molecule has 1 aliphatic rings. The Kier molecular flexibility index (Phi) is 3.09. The molecule has 2 N–H and O–H groups in total. The van der Waals surface area contributed by atoms with Crippen molar-refractivity contribution in [3.05, 3.63) is 22.4 Å². The lowest BCUT2D eigenvalue weighted by atomic mass is 9.99. The first-order chi connectivity index (χ1) is 6.66. The molecule has 1 aliphatic carbocycles. The van der Waals surface area contributed by atoms with E-state index in [1.807, 2.05) is 0 Å². The summed E-state index contributed by atoms with van der Waals surface area (Å²) in [5.41, 5.74) is 1.18. The van der Waals surface area contributed by atoms with Crippen LogP contribution in [0.1, 0.15) is 30.1 Å². The minimum absolute atomic E-state index is 0. The third kappa shape index (κ3) is 1.50. The predicted molar refractivity (Wildman–Crippen MR) is 53.8 cm³/mol. The molecule has 0 unspecified atom stereocenters. The molecule has 0 amide bonds. The molecule has 0 aromatic carbocycles. The Morgan fingerprint density at radius 2 is 2.13 bits per heavy atom. The molecule has 0 saturated heterocycles. The van der Waals surface area contributed by atoms with Gasteiger partial charge in [0.25, 0.3) is 5.82 Å². The van der Waals surface area contributed by atoms with Crippen LogP contribution >= 0.6 is 12.4 Å². The standard InChI is InChI=1S/C8H11N3O3.ClH/c1-5-10(13)7-4-2-3-6(9-12)8(7)11(5)14;/h12,14H,2-4H2,1H3;1H. The van der Waals surface area contributed by atoms with Crippen LogP contribution in [0.15, 0.2) is 5.16 Å². The summed E-state index contributed by atoms with van der Waals surface area (Å²) in [6.45, 7) is 1.51. The summed E-state index contributed by atoms with van der Waals surface area (Å²) in [7, 11) is 0. The second-order valence-corrected chi connectivity index (χ2v) is 3.35. The molecule has 0 aliphatic heterocycles. The van der Waals surface area contributed by atoms with Crippen molar-refractivity contribution in [2.24, 2.45) is 5.16 Å². The van der Waals surface area contributed by atoms with E-state index in [0.717, 1.165) is 11.2 Å². The van der Waals surface area contributed by atoms with Gasteiger partial charge in [0, 0.05) is 13.3 Å². The van der Waals surface area contributed by atoms with Crippen molar-refractivity contribution >= 4 is 18.1 Å². The first-order valence-electron chi connectivity index (χ1n) is 4.41. The largest absolute Gasteiger partial charge is 0.710 e. The van der Waals surface area contributed by atoms with Crippen LogP contribution < -0.4 is 4.73 Å². The van der Waals surface area contributed by atoms with Crippen molar-refractivity contribution in [3.63, 3.8) is 0 Å². The number of halogens is 1. The lowest BCUT2D eigenvalue weighted by Crippen LogP contribution is -2.34. The van der Waals surface area contributed by atoms with Crippen LogP contribution in [0.5, 0.6) is 0 Å². The molecule has 0 saturated carbocycles. The zero-order valence-corrected chi connectivity index (χ0v) is 8.99. The molecular weight excluding hydrogens is 222 g/mol. The Hall–Kier alpha value is -1.43. The van der Waals surface area contributed by atoms with Gasteiger partial charge in [0.1, 0.15) is 5.71 Å². The van der Waals surface area contributed by atoms with E-state index in [1.54, 1.807) is 0 Å².